The first-order valence-corrected chi connectivity index (χ1v) is 8.58. The third kappa shape index (κ3) is 6.07. The second-order valence-corrected chi connectivity index (χ2v) is 5.85. The van der Waals surface area contributed by atoms with Crippen LogP contribution in [0.15, 0.2) is 24.8 Å². The van der Waals surface area contributed by atoms with Crippen molar-refractivity contribution >= 4 is 23.8 Å². The van der Waals surface area contributed by atoms with E-state index in [0.717, 1.165) is 11.8 Å². The summed E-state index contributed by atoms with van der Waals surface area (Å²) in [6.07, 6.45) is 0.675. The van der Waals surface area contributed by atoms with E-state index < -0.39 is 17.4 Å². The minimum Gasteiger partial charge on any atom is -0.496 e. The Morgan fingerprint density at radius 2 is 1.77 bits per heavy atom. The summed E-state index contributed by atoms with van der Waals surface area (Å²) in [5.74, 6) is 1.33. The van der Waals surface area contributed by atoms with E-state index in [2.05, 4.69) is 11.9 Å². The van der Waals surface area contributed by atoms with E-state index in [1.54, 1.807) is 12.1 Å². The zero-order valence-electron chi connectivity index (χ0n) is 15.2. The molecule has 0 aliphatic rings. The first kappa shape index (κ1) is 21.5. The topological polar surface area (TPSA) is 92.3 Å². The van der Waals surface area contributed by atoms with Gasteiger partial charge in [-0.2, -0.15) is 0 Å². The molecule has 0 saturated heterocycles. The van der Waals surface area contributed by atoms with Crippen LogP contribution >= 0.6 is 11.8 Å². The van der Waals surface area contributed by atoms with Crippen LogP contribution in [0, 0.1) is 0 Å². The number of esters is 1. The van der Waals surface area contributed by atoms with Crippen molar-refractivity contribution in [2.75, 3.05) is 35.0 Å². The zero-order chi connectivity index (χ0) is 19.5. The van der Waals surface area contributed by atoms with Crippen LogP contribution in [-0.4, -0.2) is 52.5 Å². The Kier molecular flexibility index (Phi) is 9.21. The lowest BCUT2D eigenvalue weighted by atomic mass is 10.2. The van der Waals surface area contributed by atoms with Crippen molar-refractivity contribution in [1.29, 1.82) is 0 Å². The fourth-order valence-electron chi connectivity index (χ4n) is 1.95. The van der Waals surface area contributed by atoms with Crippen molar-refractivity contribution in [3.8, 4) is 17.2 Å². The molecule has 0 fully saturated rings. The number of hydrogen-bond acceptors (Lipinski definition) is 8. The molecule has 0 bridgehead atoms. The van der Waals surface area contributed by atoms with Gasteiger partial charge in [-0.3, -0.25) is 5.32 Å². The predicted octanol–water partition coefficient (Wildman–Crippen LogP) is 2.36. The molecule has 0 aliphatic carbocycles. The third-order valence-corrected chi connectivity index (χ3v) is 4.31. The fraction of sp³-hybridized carbons (Fsp3) is 0.412. The van der Waals surface area contributed by atoms with Gasteiger partial charge in [0.2, 0.25) is 0 Å². The smallest absolute Gasteiger partial charge is 0.408 e. The minimum atomic E-state index is -0.964. The minimum absolute atomic E-state index is 0.0323. The highest BCUT2D eigenvalue weighted by atomic mass is 32.2. The largest absolute Gasteiger partial charge is 0.496 e. The molecule has 0 heterocycles. The molecule has 0 radical (unpaired) electrons. The average molecular weight is 385 g/mol. The molecule has 1 atom stereocenters. The van der Waals surface area contributed by atoms with Crippen LogP contribution in [0.4, 0.5) is 4.79 Å². The summed E-state index contributed by atoms with van der Waals surface area (Å²) in [4.78, 5) is 23.6. The van der Waals surface area contributed by atoms with Crippen molar-refractivity contribution in [1.82, 2.24) is 5.32 Å². The Hall–Kier alpha value is -2.55. The molecule has 0 aromatic heterocycles. The molecular formula is C17H23NO7S. The van der Waals surface area contributed by atoms with Gasteiger partial charge in [0, 0.05) is 23.4 Å². The fourth-order valence-corrected chi connectivity index (χ4v) is 2.98. The maximum Gasteiger partial charge on any atom is 0.408 e. The molecule has 26 heavy (non-hydrogen) atoms. The van der Waals surface area contributed by atoms with Gasteiger partial charge in [0.15, 0.2) is 5.37 Å². The number of benzene rings is 1. The van der Waals surface area contributed by atoms with Crippen LogP contribution in [0.1, 0.15) is 5.56 Å². The molecular weight excluding hydrogens is 362 g/mol. The first-order chi connectivity index (χ1) is 12.5. The van der Waals surface area contributed by atoms with E-state index in [1.807, 2.05) is 0 Å². The van der Waals surface area contributed by atoms with Gasteiger partial charge in [0.1, 0.15) is 23.9 Å². The van der Waals surface area contributed by atoms with Gasteiger partial charge in [0.25, 0.3) is 0 Å². The summed E-state index contributed by atoms with van der Waals surface area (Å²) in [6, 6.07) is 3.41. The second-order valence-electron chi connectivity index (χ2n) is 4.76. The van der Waals surface area contributed by atoms with Crippen LogP contribution in [0.3, 0.4) is 0 Å². The summed E-state index contributed by atoms with van der Waals surface area (Å²) in [5.41, 5.74) is 0.705. The van der Waals surface area contributed by atoms with Crippen LogP contribution in [0.2, 0.25) is 0 Å². The van der Waals surface area contributed by atoms with Crippen LogP contribution < -0.4 is 19.5 Å². The van der Waals surface area contributed by atoms with Gasteiger partial charge >= 0.3 is 12.1 Å². The molecule has 1 amide bonds. The SMILES string of the molecule is C=CCOC(=O)NC(SCc1c(OC)cc(OC)cc1OC)C(=O)OC. The van der Waals surface area contributed by atoms with Crippen molar-refractivity contribution in [3.63, 3.8) is 0 Å². The van der Waals surface area contributed by atoms with Gasteiger partial charge in [-0.1, -0.05) is 12.7 Å². The Bertz CT molecular complexity index is 611. The zero-order valence-corrected chi connectivity index (χ0v) is 16.0. The van der Waals surface area contributed by atoms with Crippen LogP contribution in [-0.2, 0) is 20.0 Å². The van der Waals surface area contributed by atoms with Gasteiger partial charge in [-0.05, 0) is 0 Å². The summed E-state index contributed by atoms with van der Waals surface area (Å²) in [7, 11) is 5.81. The monoisotopic (exact) mass is 385 g/mol. The number of carbonyl (C=O) groups excluding carboxylic acids is 2. The summed E-state index contributed by atoms with van der Waals surface area (Å²) in [5, 5.41) is 1.48. The second kappa shape index (κ2) is 11.1. The molecule has 1 aromatic rings. The highest BCUT2D eigenvalue weighted by molar-refractivity contribution is 7.99. The standard InChI is InChI=1S/C17H23NO7S/c1-6-7-25-17(20)18-15(16(19)24-5)26-10-12-13(22-3)8-11(21-2)9-14(12)23-4/h6,8-9,15H,1,7,10H2,2-5H3,(H,18,20). The Morgan fingerprint density at radius 3 is 2.23 bits per heavy atom. The van der Waals surface area contributed by atoms with Gasteiger partial charge in [0.05, 0.1) is 28.4 Å². The number of thioether (sulfide) groups is 1. The van der Waals surface area contributed by atoms with E-state index in [4.69, 9.17) is 23.7 Å². The van der Waals surface area contributed by atoms with Crippen LogP contribution in [0.25, 0.3) is 0 Å². The van der Waals surface area contributed by atoms with Crippen molar-refractivity contribution in [2.45, 2.75) is 11.1 Å². The summed E-state index contributed by atoms with van der Waals surface area (Å²) >= 11 is 1.13. The highest BCUT2D eigenvalue weighted by Gasteiger charge is 2.24. The van der Waals surface area contributed by atoms with E-state index in [0.29, 0.717) is 28.6 Å². The van der Waals surface area contributed by atoms with E-state index in [1.165, 1.54) is 34.5 Å². The number of amides is 1. The lowest BCUT2D eigenvalue weighted by Crippen LogP contribution is -2.39. The van der Waals surface area contributed by atoms with Crippen molar-refractivity contribution in [3.05, 3.63) is 30.4 Å². The average Bonchev–Trinajstić information content (AvgIpc) is 2.67. The van der Waals surface area contributed by atoms with Gasteiger partial charge in [-0.15, -0.1) is 11.8 Å². The molecule has 9 heteroatoms. The number of hydrogen-bond donors (Lipinski definition) is 1. The molecule has 8 nitrogen and oxygen atoms in total. The van der Waals surface area contributed by atoms with Crippen molar-refractivity contribution in [2.24, 2.45) is 0 Å². The Morgan fingerprint density at radius 1 is 1.15 bits per heavy atom. The number of nitrogens with one attached hydrogen (secondary N) is 1. The molecule has 1 unspecified atom stereocenters. The van der Waals surface area contributed by atoms with Gasteiger partial charge in [-0.25, -0.2) is 9.59 Å². The number of ether oxygens (including phenoxy) is 5. The number of carbonyl (C=O) groups is 2. The molecule has 1 aromatic carbocycles. The molecule has 1 rings (SSSR count). The lowest BCUT2D eigenvalue weighted by Gasteiger charge is -2.18. The maximum atomic E-state index is 11.9. The number of methoxy groups -OCH3 is 4. The number of alkyl carbamates (subject to hydrolysis) is 1. The summed E-state index contributed by atoms with van der Waals surface area (Å²) in [6.45, 7) is 3.48. The lowest BCUT2D eigenvalue weighted by molar-refractivity contribution is -0.140. The Labute approximate surface area is 156 Å². The van der Waals surface area contributed by atoms with E-state index in [-0.39, 0.29) is 6.61 Å². The highest BCUT2D eigenvalue weighted by Crippen LogP contribution is 2.37. The third-order valence-electron chi connectivity index (χ3n) is 3.21. The number of rotatable bonds is 10. The predicted molar refractivity (Wildman–Crippen MR) is 97.9 cm³/mol. The van der Waals surface area contributed by atoms with Crippen molar-refractivity contribution < 1.29 is 33.3 Å². The van der Waals surface area contributed by atoms with Crippen LogP contribution in [0.5, 0.6) is 17.2 Å². The van der Waals surface area contributed by atoms with E-state index >= 15 is 0 Å². The first-order valence-electron chi connectivity index (χ1n) is 7.53. The van der Waals surface area contributed by atoms with Gasteiger partial charge < -0.3 is 23.7 Å². The summed E-state index contributed by atoms with van der Waals surface area (Å²) < 4.78 is 25.5. The quantitative estimate of drug-likeness (QED) is 0.373. The Balaban J connectivity index is 2.95. The molecule has 0 saturated carbocycles. The normalized spacial score (nSPS) is 11.1. The molecule has 144 valence electrons. The van der Waals surface area contributed by atoms with E-state index in [9.17, 15) is 9.59 Å². The maximum absolute atomic E-state index is 11.9. The molecule has 0 spiro atoms. The molecule has 1 N–H and O–H groups in total. The molecule has 0 aliphatic heterocycles.